The van der Waals surface area contributed by atoms with Crippen LogP contribution in [0.15, 0.2) is 0 Å². The zero-order valence-corrected chi connectivity index (χ0v) is 11.6. The minimum Gasteiger partial charge on any atom is -0.351 e. The van der Waals surface area contributed by atoms with Crippen LogP contribution in [-0.2, 0) is 17.8 Å². The maximum atomic E-state index is 11.6. The molecule has 1 unspecified atom stereocenters. The first-order chi connectivity index (χ1) is 8.19. The lowest BCUT2D eigenvalue weighted by Gasteiger charge is -2.23. The van der Waals surface area contributed by atoms with Gasteiger partial charge >= 0.3 is 0 Å². The van der Waals surface area contributed by atoms with Crippen molar-refractivity contribution in [1.82, 2.24) is 25.4 Å². The average molecular weight is 274 g/mol. The van der Waals surface area contributed by atoms with Crippen molar-refractivity contribution in [2.75, 3.05) is 13.6 Å². The molecule has 2 rings (SSSR count). The van der Waals surface area contributed by atoms with Gasteiger partial charge in [-0.3, -0.25) is 4.79 Å². The number of rotatable bonds is 4. The molecule has 0 aromatic carbocycles. The van der Waals surface area contributed by atoms with Crippen LogP contribution in [0.4, 0.5) is 0 Å². The summed E-state index contributed by atoms with van der Waals surface area (Å²) in [6, 6.07) is 0.188. The monoisotopic (exact) mass is 273 g/mol. The van der Waals surface area contributed by atoms with Gasteiger partial charge in [-0.1, -0.05) is 0 Å². The fourth-order valence-electron chi connectivity index (χ4n) is 2.09. The molecule has 102 valence electrons. The second-order valence-corrected chi connectivity index (χ2v) is 4.41. The van der Waals surface area contributed by atoms with E-state index in [1.54, 1.807) is 0 Å². The van der Waals surface area contributed by atoms with Gasteiger partial charge in [0.15, 0.2) is 0 Å². The summed E-state index contributed by atoms with van der Waals surface area (Å²) in [6.07, 6.45) is 2.36. The molecule has 1 atom stereocenters. The Morgan fingerprint density at radius 1 is 1.56 bits per heavy atom. The van der Waals surface area contributed by atoms with E-state index >= 15 is 0 Å². The van der Waals surface area contributed by atoms with E-state index in [1.165, 1.54) is 0 Å². The molecule has 0 bridgehead atoms. The number of aromatic nitrogens is 3. The number of nitrogens with zero attached hydrogens (tertiary/aromatic N) is 3. The summed E-state index contributed by atoms with van der Waals surface area (Å²) in [6.45, 7) is 3.35. The Labute approximate surface area is 113 Å². The van der Waals surface area contributed by atoms with Gasteiger partial charge in [-0.2, -0.15) is 5.10 Å². The third-order valence-corrected chi connectivity index (χ3v) is 2.93. The molecule has 0 saturated heterocycles. The summed E-state index contributed by atoms with van der Waals surface area (Å²) in [5.74, 6) is 1.94. The molecule has 1 aliphatic rings. The van der Waals surface area contributed by atoms with Crippen molar-refractivity contribution in [1.29, 1.82) is 0 Å². The van der Waals surface area contributed by atoms with Crippen LogP contribution in [0.2, 0.25) is 0 Å². The second kappa shape index (κ2) is 6.70. The van der Waals surface area contributed by atoms with Crippen LogP contribution in [0, 0.1) is 6.92 Å². The van der Waals surface area contributed by atoms with Crippen LogP contribution in [-0.4, -0.2) is 40.3 Å². The highest BCUT2D eigenvalue weighted by Gasteiger charge is 2.21. The maximum absolute atomic E-state index is 11.6. The topological polar surface area (TPSA) is 71.8 Å². The molecule has 0 aliphatic carbocycles. The number of hydrogen-bond acceptors (Lipinski definition) is 4. The highest BCUT2D eigenvalue weighted by Crippen LogP contribution is 2.12. The van der Waals surface area contributed by atoms with E-state index in [0.29, 0.717) is 13.0 Å². The third-order valence-electron chi connectivity index (χ3n) is 2.93. The predicted molar refractivity (Wildman–Crippen MR) is 70.8 cm³/mol. The molecule has 1 amide bonds. The minimum atomic E-state index is 0. The van der Waals surface area contributed by atoms with Crippen LogP contribution >= 0.6 is 12.4 Å². The summed E-state index contributed by atoms with van der Waals surface area (Å²) in [5.41, 5.74) is 0. The van der Waals surface area contributed by atoms with Crippen LogP contribution in [0.3, 0.4) is 0 Å². The Morgan fingerprint density at radius 3 is 3.06 bits per heavy atom. The molecule has 1 aromatic rings. The summed E-state index contributed by atoms with van der Waals surface area (Å²) >= 11 is 0. The quantitative estimate of drug-likeness (QED) is 0.813. The number of halogens is 1. The van der Waals surface area contributed by atoms with Gasteiger partial charge < -0.3 is 10.6 Å². The van der Waals surface area contributed by atoms with Crippen molar-refractivity contribution < 1.29 is 4.79 Å². The van der Waals surface area contributed by atoms with Crippen LogP contribution in [0.1, 0.15) is 24.5 Å². The van der Waals surface area contributed by atoms with Crippen molar-refractivity contribution in [3.63, 3.8) is 0 Å². The molecule has 0 fully saturated rings. The number of carbonyl (C=O) groups is 1. The largest absolute Gasteiger partial charge is 0.351 e. The smallest absolute Gasteiger partial charge is 0.221 e. The lowest BCUT2D eigenvalue weighted by Crippen LogP contribution is -2.42. The van der Waals surface area contributed by atoms with Crippen LogP contribution < -0.4 is 10.6 Å². The van der Waals surface area contributed by atoms with Gasteiger partial charge in [-0.05, 0) is 20.4 Å². The molecule has 18 heavy (non-hydrogen) atoms. The molecule has 7 heteroatoms. The highest BCUT2D eigenvalue weighted by atomic mass is 35.5. The van der Waals surface area contributed by atoms with Gasteiger partial charge in [-0.25, -0.2) is 9.67 Å². The Kier molecular flexibility index (Phi) is 5.55. The van der Waals surface area contributed by atoms with E-state index in [4.69, 9.17) is 0 Å². The summed E-state index contributed by atoms with van der Waals surface area (Å²) in [7, 11) is 1.85. The summed E-state index contributed by atoms with van der Waals surface area (Å²) in [5, 5.41) is 10.3. The molecule has 2 N–H and O–H groups in total. The lowest BCUT2D eigenvalue weighted by atomic mass is 10.1. The number of hydrogen-bond donors (Lipinski definition) is 2. The second-order valence-electron chi connectivity index (χ2n) is 4.41. The van der Waals surface area contributed by atoms with Gasteiger partial charge in [-0.15, -0.1) is 12.4 Å². The highest BCUT2D eigenvalue weighted by molar-refractivity contribution is 5.85. The number of fused-ring (bicyclic) bond motifs is 1. The van der Waals surface area contributed by atoms with Crippen molar-refractivity contribution in [2.45, 2.75) is 38.8 Å². The first kappa shape index (κ1) is 14.9. The van der Waals surface area contributed by atoms with Crippen molar-refractivity contribution in [3.05, 3.63) is 11.6 Å². The van der Waals surface area contributed by atoms with Crippen LogP contribution in [0.5, 0.6) is 0 Å². The zero-order valence-electron chi connectivity index (χ0n) is 10.8. The van der Waals surface area contributed by atoms with E-state index in [2.05, 4.69) is 20.7 Å². The third kappa shape index (κ3) is 3.68. The molecular weight excluding hydrogens is 254 g/mol. The Bertz CT molecular complexity index is 406. The number of aryl methyl sites for hydroxylation is 2. The summed E-state index contributed by atoms with van der Waals surface area (Å²) in [4.78, 5) is 15.9. The Balaban J connectivity index is 0.00000162. The van der Waals surface area contributed by atoms with Crippen molar-refractivity contribution in [3.8, 4) is 0 Å². The normalized spacial score (nSPS) is 17.8. The first-order valence-corrected chi connectivity index (χ1v) is 6.03. The summed E-state index contributed by atoms with van der Waals surface area (Å²) < 4.78 is 1.90. The standard InChI is InChI=1S/C11H19N5O.ClH/c1-8-13-10-4-3-9(7-16(10)15-8)14-11(17)5-6-12-2;/h9,12H,3-7H2,1-2H3,(H,14,17);1H. The first-order valence-electron chi connectivity index (χ1n) is 6.03. The van der Waals surface area contributed by atoms with Gasteiger partial charge in [0, 0.05) is 25.4 Å². The van der Waals surface area contributed by atoms with Crippen LogP contribution in [0.25, 0.3) is 0 Å². The van der Waals surface area contributed by atoms with Gasteiger partial charge in [0.2, 0.25) is 5.91 Å². The number of carbonyl (C=O) groups excluding carboxylic acids is 1. The van der Waals surface area contributed by atoms with E-state index in [1.807, 2.05) is 18.7 Å². The minimum absolute atomic E-state index is 0. The Hall–Kier alpha value is -1.14. The molecular formula is C11H20ClN5O. The molecule has 0 spiro atoms. The Morgan fingerprint density at radius 2 is 2.33 bits per heavy atom. The van der Waals surface area contributed by atoms with Gasteiger partial charge in [0.1, 0.15) is 11.6 Å². The molecule has 1 aliphatic heterocycles. The van der Waals surface area contributed by atoms with E-state index in [9.17, 15) is 4.79 Å². The zero-order chi connectivity index (χ0) is 12.3. The number of amides is 1. The van der Waals surface area contributed by atoms with Crippen molar-refractivity contribution in [2.24, 2.45) is 0 Å². The van der Waals surface area contributed by atoms with E-state index in [-0.39, 0.29) is 24.4 Å². The maximum Gasteiger partial charge on any atom is 0.221 e. The van der Waals surface area contributed by atoms with Gasteiger partial charge in [0.05, 0.1) is 6.54 Å². The molecule has 0 radical (unpaired) electrons. The van der Waals surface area contributed by atoms with E-state index < -0.39 is 0 Å². The molecule has 0 saturated carbocycles. The lowest BCUT2D eigenvalue weighted by molar-refractivity contribution is -0.121. The van der Waals surface area contributed by atoms with Crippen molar-refractivity contribution >= 4 is 18.3 Å². The average Bonchev–Trinajstić information content (AvgIpc) is 2.65. The fraction of sp³-hybridized carbons (Fsp3) is 0.727. The number of nitrogens with one attached hydrogen (secondary N) is 2. The molecule has 1 aromatic heterocycles. The van der Waals surface area contributed by atoms with E-state index in [0.717, 1.165) is 31.0 Å². The fourth-order valence-corrected chi connectivity index (χ4v) is 2.09. The SMILES string of the molecule is CNCCC(=O)NC1CCc2nc(C)nn2C1.Cl. The predicted octanol–water partition coefficient (Wildman–Crippen LogP) is 0.0488. The molecule has 2 heterocycles. The van der Waals surface area contributed by atoms with Gasteiger partial charge in [0.25, 0.3) is 0 Å². The molecule has 6 nitrogen and oxygen atoms in total.